The van der Waals surface area contributed by atoms with E-state index in [4.69, 9.17) is 17.3 Å². The van der Waals surface area contributed by atoms with E-state index < -0.39 is 6.04 Å². The summed E-state index contributed by atoms with van der Waals surface area (Å²) in [4.78, 5) is 30.2. The van der Waals surface area contributed by atoms with Gasteiger partial charge in [0.2, 0.25) is 11.5 Å². The maximum absolute atomic E-state index is 12.3. The van der Waals surface area contributed by atoms with Gasteiger partial charge in [0.15, 0.2) is 0 Å². The fourth-order valence-electron chi connectivity index (χ4n) is 2.37. The van der Waals surface area contributed by atoms with Gasteiger partial charge in [-0.2, -0.15) is 0 Å². The molecule has 1 atom stereocenters. The molecule has 0 aliphatic carbocycles. The summed E-state index contributed by atoms with van der Waals surface area (Å²) in [6.07, 6.45) is 5.26. The van der Waals surface area contributed by atoms with Gasteiger partial charge in [0, 0.05) is 24.7 Å². The number of benzene rings is 1. The van der Waals surface area contributed by atoms with Crippen LogP contribution < -0.4 is 16.6 Å². The zero-order valence-corrected chi connectivity index (χ0v) is 13.4. The number of aromatic amines is 1. The normalized spacial score (nSPS) is 12.1. The van der Waals surface area contributed by atoms with Crippen molar-refractivity contribution < 1.29 is 4.79 Å². The molecule has 1 amide bonds. The van der Waals surface area contributed by atoms with Crippen molar-refractivity contribution >= 4 is 34.0 Å². The van der Waals surface area contributed by atoms with Crippen molar-refractivity contribution in [3.8, 4) is 0 Å². The van der Waals surface area contributed by atoms with E-state index in [1.54, 1.807) is 30.7 Å². The zero-order valence-electron chi connectivity index (χ0n) is 12.6. The molecule has 0 spiro atoms. The molecule has 2 heterocycles. The third kappa shape index (κ3) is 3.61. The molecule has 0 aliphatic rings. The summed E-state index contributed by atoms with van der Waals surface area (Å²) in [5.41, 5.74) is 7.07. The van der Waals surface area contributed by atoms with Crippen molar-refractivity contribution in [2.45, 2.75) is 12.5 Å². The van der Waals surface area contributed by atoms with Crippen LogP contribution in [0.5, 0.6) is 0 Å². The number of nitrogens with zero attached hydrogens (tertiary/aromatic N) is 1. The van der Waals surface area contributed by atoms with Crippen LogP contribution in [0.25, 0.3) is 10.8 Å². The van der Waals surface area contributed by atoms with Crippen molar-refractivity contribution in [1.29, 1.82) is 0 Å². The lowest BCUT2D eigenvalue weighted by molar-refractivity contribution is -0.117. The SMILES string of the molecule is N[C@H](Cc1ccncc1)C(=O)Nc1cc2cc(=O)[nH]cc2cc1Cl. The topological polar surface area (TPSA) is 101 Å². The first kappa shape index (κ1) is 16.2. The lowest BCUT2D eigenvalue weighted by Gasteiger charge is -2.14. The van der Waals surface area contributed by atoms with Gasteiger partial charge in [0.1, 0.15) is 0 Å². The van der Waals surface area contributed by atoms with Crippen LogP contribution in [0.15, 0.2) is 53.7 Å². The summed E-state index contributed by atoms with van der Waals surface area (Å²) < 4.78 is 0. The number of pyridine rings is 2. The average Bonchev–Trinajstić information content (AvgIpc) is 2.56. The number of rotatable bonds is 4. The molecule has 4 N–H and O–H groups in total. The first-order valence-corrected chi connectivity index (χ1v) is 7.68. The zero-order chi connectivity index (χ0) is 17.1. The van der Waals surface area contributed by atoms with Crippen molar-refractivity contribution in [3.05, 3.63) is 69.9 Å². The highest BCUT2D eigenvalue weighted by molar-refractivity contribution is 6.34. The van der Waals surface area contributed by atoms with Crippen molar-refractivity contribution in [1.82, 2.24) is 9.97 Å². The summed E-state index contributed by atoms with van der Waals surface area (Å²) >= 11 is 6.20. The smallest absolute Gasteiger partial charge is 0.248 e. The quantitative estimate of drug-likeness (QED) is 0.675. The Balaban J connectivity index is 1.79. The standard InChI is InChI=1S/C17H15ClN4O2/c18-13-6-12-9-21-16(23)8-11(12)7-15(13)22-17(24)14(19)5-10-1-3-20-4-2-10/h1-4,6-9,14H,5,19H2,(H,21,23)(H,22,24)/t14-/m1/s1. The molecule has 6 nitrogen and oxygen atoms in total. The Morgan fingerprint density at radius 2 is 2.00 bits per heavy atom. The minimum absolute atomic E-state index is 0.225. The van der Waals surface area contributed by atoms with E-state index in [1.165, 1.54) is 6.07 Å². The number of carbonyl (C=O) groups excluding carboxylic acids is 1. The molecule has 0 fully saturated rings. The first-order valence-electron chi connectivity index (χ1n) is 7.30. The Bertz CT molecular complexity index is 940. The monoisotopic (exact) mass is 342 g/mol. The Labute approximate surface area is 142 Å². The van der Waals surface area contributed by atoms with Gasteiger partial charge in [0.05, 0.1) is 16.8 Å². The van der Waals surface area contributed by atoms with E-state index in [-0.39, 0.29) is 11.5 Å². The maximum Gasteiger partial charge on any atom is 0.248 e. The Morgan fingerprint density at radius 1 is 1.25 bits per heavy atom. The van der Waals surface area contributed by atoms with Crippen molar-refractivity contribution in [2.24, 2.45) is 5.73 Å². The first-order chi connectivity index (χ1) is 11.5. The number of hydrogen-bond acceptors (Lipinski definition) is 4. The van der Waals surface area contributed by atoms with Crippen LogP contribution in [0.2, 0.25) is 5.02 Å². The lowest BCUT2D eigenvalue weighted by atomic mass is 10.1. The second kappa shape index (κ2) is 6.82. The highest BCUT2D eigenvalue weighted by Crippen LogP contribution is 2.27. The molecule has 0 saturated heterocycles. The molecule has 0 radical (unpaired) electrons. The molecule has 0 bridgehead atoms. The third-order valence-corrected chi connectivity index (χ3v) is 3.94. The van der Waals surface area contributed by atoms with Crippen LogP contribution in [-0.4, -0.2) is 21.9 Å². The van der Waals surface area contributed by atoms with Gasteiger partial charge in [-0.25, -0.2) is 0 Å². The highest BCUT2D eigenvalue weighted by atomic mass is 35.5. The fraction of sp³-hybridized carbons (Fsp3) is 0.118. The van der Waals surface area contributed by atoms with Gasteiger partial charge in [-0.05, 0) is 47.0 Å². The molecule has 2 aromatic heterocycles. The number of fused-ring (bicyclic) bond motifs is 1. The van der Waals surface area contributed by atoms with Crippen LogP contribution in [0.4, 0.5) is 5.69 Å². The largest absolute Gasteiger partial charge is 0.328 e. The molecule has 122 valence electrons. The number of carbonyl (C=O) groups is 1. The summed E-state index contributed by atoms with van der Waals surface area (Å²) in [6.45, 7) is 0. The molecular formula is C17H15ClN4O2. The molecule has 0 unspecified atom stereocenters. The highest BCUT2D eigenvalue weighted by Gasteiger charge is 2.16. The van der Waals surface area contributed by atoms with E-state index in [0.29, 0.717) is 22.5 Å². The summed E-state index contributed by atoms with van der Waals surface area (Å²) in [5.74, 6) is -0.349. The van der Waals surface area contributed by atoms with Gasteiger partial charge >= 0.3 is 0 Å². The van der Waals surface area contributed by atoms with Crippen LogP contribution in [-0.2, 0) is 11.2 Å². The Hall–Kier alpha value is -2.70. The second-order valence-corrected chi connectivity index (χ2v) is 5.82. The Morgan fingerprint density at radius 3 is 2.75 bits per heavy atom. The van der Waals surface area contributed by atoms with Gasteiger partial charge in [-0.1, -0.05) is 11.6 Å². The number of nitrogens with two attached hydrogens (primary N) is 1. The molecule has 3 aromatic rings. The molecule has 0 saturated carbocycles. The van der Waals surface area contributed by atoms with E-state index >= 15 is 0 Å². The average molecular weight is 343 g/mol. The summed E-state index contributed by atoms with van der Waals surface area (Å²) in [6, 6.07) is 7.67. The fourth-order valence-corrected chi connectivity index (χ4v) is 2.59. The van der Waals surface area contributed by atoms with E-state index in [2.05, 4.69) is 15.3 Å². The van der Waals surface area contributed by atoms with Crippen molar-refractivity contribution in [3.63, 3.8) is 0 Å². The third-order valence-electron chi connectivity index (χ3n) is 3.63. The van der Waals surface area contributed by atoms with Crippen molar-refractivity contribution in [2.75, 3.05) is 5.32 Å². The molecule has 24 heavy (non-hydrogen) atoms. The molecule has 7 heteroatoms. The number of halogens is 1. The predicted molar refractivity (Wildman–Crippen MR) is 94.1 cm³/mol. The number of H-pyrrole nitrogens is 1. The minimum Gasteiger partial charge on any atom is -0.328 e. The number of hydrogen-bond donors (Lipinski definition) is 3. The Kier molecular flexibility index (Phi) is 4.59. The van der Waals surface area contributed by atoms with Gasteiger partial charge in [-0.3, -0.25) is 14.6 Å². The van der Waals surface area contributed by atoms with E-state index in [1.807, 2.05) is 12.1 Å². The molecule has 0 aliphatic heterocycles. The van der Waals surface area contributed by atoms with Crippen LogP contribution in [0.3, 0.4) is 0 Å². The molecular weight excluding hydrogens is 328 g/mol. The second-order valence-electron chi connectivity index (χ2n) is 5.41. The maximum atomic E-state index is 12.3. The van der Waals surface area contributed by atoms with Crippen LogP contribution in [0.1, 0.15) is 5.56 Å². The number of aromatic nitrogens is 2. The predicted octanol–water partition coefficient (Wildman–Crippen LogP) is 2.08. The lowest BCUT2D eigenvalue weighted by Crippen LogP contribution is -2.37. The molecule has 3 rings (SSSR count). The number of amides is 1. The van der Waals surface area contributed by atoms with Gasteiger partial charge < -0.3 is 16.0 Å². The van der Waals surface area contributed by atoms with Gasteiger partial charge in [0.25, 0.3) is 0 Å². The van der Waals surface area contributed by atoms with E-state index in [9.17, 15) is 9.59 Å². The number of nitrogens with one attached hydrogen (secondary N) is 2. The van der Waals surface area contributed by atoms with E-state index in [0.717, 1.165) is 10.9 Å². The summed E-state index contributed by atoms with van der Waals surface area (Å²) in [7, 11) is 0. The van der Waals surface area contributed by atoms with Gasteiger partial charge in [-0.15, -0.1) is 0 Å². The van der Waals surface area contributed by atoms with Crippen LogP contribution >= 0.6 is 11.6 Å². The number of anilines is 1. The van der Waals surface area contributed by atoms with Crippen LogP contribution in [0, 0.1) is 0 Å². The molecule has 1 aromatic carbocycles. The summed E-state index contributed by atoms with van der Waals surface area (Å²) in [5, 5.41) is 4.55. The minimum atomic E-state index is -0.724.